The molecule has 6 heteroatoms. The van der Waals surface area contributed by atoms with Crippen LogP contribution in [0.1, 0.15) is 12.5 Å². The molecule has 0 spiro atoms. The average molecular weight is 321 g/mol. The van der Waals surface area contributed by atoms with Crippen molar-refractivity contribution in [3.8, 4) is 5.75 Å². The van der Waals surface area contributed by atoms with E-state index >= 15 is 0 Å². The van der Waals surface area contributed by atoms with Crippen LogP contribution in [0.4, 0.5) is 4.39 Å². The van der Waals surface area contributed by atoms with Crippen LogP contribution in [-0.4, -0.2) is 18.2 Å². The third-order valence-electron chi connectivity index (χ3n) is 2.79. The predicted octanol–water partition coefficient (Wildman–Crippen LogP) is 3.40. The van der Waals surface area contributed by atoms with Gasteiger partial charge in [0.25, 0.3) is 5.91 Å². The van der Waals surface area contributed by atoms with Crippen molar-refractivity contribution in [2.24, 2.45) is 5.10 Å². The molecule has 0 aromatic heterocycles. The zero-order chi connectivity index (χ0) is 15.9. The third kappa shape index (κ3) is 4.86. The lowest BCUT2D eigenvalue weighted by Crippen LogP contribution is -2.25. The number of halogens is 2. The van der Waals surface area contributed by atoms with Crippen LogP contribution in [0, 0.1) is 5.82 Å². The summed E-state index contributed by atoms with van der Waals surface area (Å²) >= 11 is 5.75. The molecular formula is C16H14ClFN2O2. The molecule has 0 saturated heterocycles. The Morgan fingerprint density at radius 3 is 2.45 bits per heavy atom. The molecule has 0 heterocycles. The Labute approximate surface area is 132 Å². The summed E-state index contributed by atoms with van der Waals surface area (Å²) in [7, 11) is 0. The van der Waals surface area contributed by atoms with Gasteiger partial charge in [0.05, 0.1) is 5.71 Å². The number of hydrogen-bond acceptors (Lipinski definition) is 3. The number of benzene rings is 2. The van der Waals surface area contributed by atoms with E-state index in [4.69, 9.17) is 16.3 Å². The van der Waals surface area contributed by atoms with E-state index in [2.05, 4.69) is 10.5 Å². The Bertz CT molecular complexity index is 670. The minimum absolute atomic E-state index is 0.165. The molecule has 0 unspecified atom stereocenters. The summed E-state index contributed by atoms with van der Waals surface area (Å²) in [6, 6.07) is 12.5. The van der Waals surface area contributed by atoms with E-state index in [1.165, 1.54) is 12.1 Å². The molecule has 114 valence electrons. The van der Waals surface area contributed by atoms with Gasteiger partial charge in [-0.2, -0.15) is 5.10 Å². The monoisotopic (exact) mass is 320 g/mol. The number of nitrogens with one attached hydrogen (secondary N) is 1. The van der Waals surface area contributed by atoms with Gasteiger partial charge in [-0.25, -0.2) is 9.82 Å². The van der Waals surface area contributed by atoms with Crippen LogP contribution < -0.4 is 10.2 Å². The van der Waals surface area contributed by atoms with Crippen molar-refractivity contribution in [1.82, 2.24) is 5.43 Å². The fourth-order valence-corrected chi connectivity index (χ4v) is 1.74. The average Bonchev–Trinajstić information content (AvgIpc) is 2.52. The number of carbonyl (C=O) groups is 1. The van der Waals surface area contributed by atoms with Gasteiger partial charge in [0.1, 0.15) is 11.6 Å². The summed E-state index contributed by atoms with van der Waals surface area (Å²) in [5, 5.41) is 4.54. The molecule has 0 aliphatic rings. The molecular weight excluding hydrogens is 307 g/mol. The van der Waals surface area contributed by atoms with Crippen LogP contribution in [0.3, 0.4) is 0 Å². The topological polar surface area (TPSA) is 50.7 Å². The second-order valence-electron chi connectivity index (χ2n) is 4.48. The Morgan fingerprint density at radius 1 is 1.18 bits per heavy atom. The molecule has 1 N–H and O–H groups in total. The number of amides is 1. The van der Waals surface area contributed by atoms with Gasteiger partial charge in [-0.1, -0.05) is 23.7 Å². The van der Waals surface area contributed by atoms with E-state index in [1.807, 2.05) is 0 Å². The molecule has 1 amide bonds. The first-order valence-corrected chi connectivity index (χ1v) is 6.90. The van der Waals surface area contributed by atoms with Crippen molar-refractivity contribution in [2.45, 2.75) is 6.92 Å². The fraction of sp³-hybridized carbons (Fsp3) is 0.125. The highest BCUT2D eigenvalue weighted by atomic mass is 35.5. The summed E-state index contributed by atoms with van der Waals surface area (Å²) in [6.07, 6.45) is 0. The maximum atomic E-state index is 12.8. The van der Waals surface area contributed by atoms with E-state index in [9.17, 15) is 9.18 Å². The normalized spacial score (nSPS) is 11.1. The van der Waals surface area contributed by atoms with Crippen molar-refractivity contribution in [1.29, 1.82) is 0 Å². The molecule has 2 aromatic carbocycles. The Balaban J connectivity index is 1.85. The van der Waals surface area contributed by atoms with Crippen LogP contribution in [-0.2, 0) is 4.79 Å². The molecule has 4 nitrogen and oxygen atoms in total. The lowest BCUT2D eigenvalue weighted by atomic mass is 10.1. The highest BCUT2D eigenvalue weighted by Gasteiger charge is 2.03. The summed E-state index contributed by atoms with van der Waals surface area (Å²) in [4.78, 5) is 11.6. The van der Waals surface area contributed by atoms with Gasteiger partial charge in [-0.05, 0) is 48.9 Å². The zero-order valence-corrected chi connectivity index (χ0v) is 12.6. The van der Waals surface area contributed by atoms with Crippen LogP contribution in [0.15, 0.2) is 53.6 Å². The number of rotatable bonds is 5. The summed E-state index contributed by atoms with van der Waals surface area (Å²) in [6.45, 7) is 1.55. The molecule has 0 aliphatic heterocycles. The van der Waals surface area contributed by atoms with Gasteiger partial charge < -0.3 is 4.74 Å². The van der Waals surface area contributed by atoms with Gasteiger partial charge in [-0.3, -0.25) is 4.79 Å². The van der Waals surface area contributed by atoms with Crippen LogP contribution in [0.2, 0.25) is 5.02 Å². The van der Waals surface area contributed by atoms with Gasteiger partial charge >= 0.3 is 0 Å². The van der Waals surface area contributed by atoms with E-state index in [-0.39, 0.29) is 12.4 Å². The Hall–Kier alpha value is -2.40. The molecule has 22 heavy (non-hydrogen) atoms. The lowest BCUT2D eigenvalue weighted by Gasteiger charge is -2.06. The van der Waals surface area contributed by atoms with E-state index in [0.29, 0.717) is 16.5 Å². The molecule has 2 rings (SSSR count). The third-order valence-corrected chi connectivity index (χ3v) is 3.05. The largest absolute Gasteiger partial charge is 0.484 e. The number of hydrogen-bond donors (Lipinski definition) is 1. The quantitative estimate of drug-likeness (QED) is 0.678. The van der Waals surface area contributed by atoms with Crippen LogP contribution in [0.5, 0.6) is 5.75 Å². The van der Waals surface area contributed by atoms with Gasteiger partial charge in [0, 0.05) is 5.02 Å². The maximum absolute atomic E-state index is 12.8. The molecule has 0 fully saturated rings. The summed E-state index contributed by atoms with van der Waals surface area (Å²) in [5.41, 5.74) is 3.67. The molecule has 0 atom stereocenters. The SMILES string of the molecule is C/C(=N/NC(=O)COc1ccc(Cl)cc1)c1ccc(F)cc1. The fourth-order valence-electron chi connectivity index (χ4n) is 1.61. The minimum atomic E-state index is -0.392. The van der Waals surface area contributed by atoms with Crippen molar-refractivity contribution in [3.05, 3.63) is 64.9 Å². The van der Waals surface area contributed by atoms with Crippen molar-refractivity contribution in [3.63, 3.8) is 0 Å². The molecule has 0 aliphatic carbocycles. The number of hydrazone groups is 1. The van der Waals surface area contributed by atoms with E-state index in [1.54, 1.807) is 43.3 Å². The lowest BCUT2D eigenvalue weighted by molar-refractivity contribution is -0.123. The van der Waals surface area contributed by atoms with Gasteiger partial charge in [-0.15, -0.1) is 0 Å². The van der Waals surface area contributed by atoms with Crippen LogP contribution in [0.25, 0.3) is 0 Å². The summed E-state index contributed by atoms with van der Waals surface area (Å²) < 4.78 is 18.1. The molecule has 0 bridgehead atoms. The highest BCUT2D eigenvalue weighted by Crippen LogP contribution is 2.15. The number of carbonyl (C=O) groups excluding carboxylic acids is 1. The number of ether oxygens (including phenoxy) is 1. The second-order valence-corrected chi connectivity index (χ2v) is 4.92. The zero-order valence-electron chi connectivity index (χ0n) is 11.8. The Morgan fingerprint density at radius 2 is 1.82 bits per heavy atom. The van der Waals surface area contributed by atoms with Crippen LogP contribution >= 0.6 is 11.6 Å². The first-order chi connectivity index (χ1) is 10.5. The van der Waals surface area contributed by atoms with Crippen molar-refractivity contribution >= 4 is 23.2 Å². The highest BCUT2D eigenvalue weighted by molar-refractivity contribution is 6.30. The van der Waals surface area contributed by atoms with Gasteiger partial charge in [0.15, 0.2) is 6.61 Å². The van der Waals surface area contributed by atoms with E-state index < -0.39 is 5.91 Å². The first kappa shape index (κ1) is 16.0. The first-order valence-electron chi connectivity index (χ1n) is 6.52. The smallest absolute Gasteiger partial charge is 0.277 e. The number of nitrogens with zero attached hydrogens (tertiary/aromatic N) is 1. The molecule has 0 radical (unpaired) electrons. The van der Waals surface area contributed by atoms with Crippen molar-refractivity contribution < 1.29 is 13.9 Å². The second kappa shape index (κ2) is 7.56. The predicted molar refractivity (Wildman–Crippen MR) is 83.7 cm³/mol. The minimum Gasteiger partial charge on any atom is -0.484 e. The standard InChI is InChI=1S/C16H14ClFN2O2/c1-11(12-2-6-14(18)7-3-12)19-20-16(21)10-22-15-8-4-13(17)5-9-15/h2-9H,10H2,1H3,(H,20,21)/b19-11-. The Kier molecular flexibility index (Phi) is 5.49. The molecule has 2 aromatic rings. The van der Waals surface area contributed by atoms with Crippen molar-refractivity contribution in [2.75, 3.05) is 6.61 Å². The van der Waals surface area contributed by atoms with Gasteiger partial charge in [0.2, 0.25) is 0 Å². The molecule has 0 saturated carbocycles. The maximum Gasteiger partial charge on any atom is 0.277 e. The van der Waals surface area contributed by atoms with E-state index in [0.717, 1.165) is 5.56 Å². The summed E-state index contributed by atoms with van der Waals surface area (Å²) in [5.74, 6) is -0.174.